The monoisotopic (exact) mass is 550 g/mol. The lowest BCUT2D eigenvalue weighted by Gasteiger charge is -2.34. The fourth-order valence-corrected chi connectivity index (χ4v) is 7.22. The number of ketones is 1. The summed E-state index contributed by atoms with van der Waals surface area (Å²) in [5.74, 6) is -0.810. The molecule has 3 aliphatic rings. The van der Waals surface area contributed by atoms with Crippen LogP contribution in [0.2, 0.25) is 0 Å². The first kappa shape index (κ1) is 28.2. The maximum atomic E-state index is 13.9. The topological polar surface area (TPSA) is 135 Å². The molecule has 1 spiro atoms. The molecular formula is C31H42N4O5. The van der Waals surface area contributed by atoms with Gasteiger partial charge in [-0.3, -0.25) is 19.2 Å². The van der Waals surface area contributed by atoms with Crippen molar-refractivity contribution in [1.82, 2.24) is 15.2 Å². The SMILES string of the molecule is COc1cccc2[nH]c(C(=O)N3CC4(CCCCC4)CC3C(=O)N[C@@H](CC3CCC(C)(C)CC3=O)C(N)=O)cc12. The van der Waals surface area contributed by atoms with Crippen molar-refractivity contribution in [3.05, 3.63) is 30.0 Å². The molecular weight excluding hydrogens is 508 g/mol. The second-order valence-electron chi connectivity index (χ2n) is 13.1. The molecule has 4 N–H and O–H groups in total. The highest BCUT2D eigenvalue weighted by atomic mass is 16.5. The van der Waals surface area contributed by atoms with Gasteiger partial charge in [0.05, 0.1) is 7.11 Å². The van der Waals surface area contributed by atoms with Gasteiger partial charge in [-0.15, -0.1) is 0 Å². The van der Waals surface area contributed by atoms with Crippen molar-refractivity contribution in [2.24, 2.45) is 22.5 Å². The Hall–Kier alpha value is -3.36. The molecule has 2 unspecified atom stereocenters. The van der Waals surface area contributed by atoms with Gasteiger partial charge in [0, 0.05) is 29.8 Å². The molecule has 2 saturated carbocycles. The minimum Gasteiger partial charge on any atom is -0.496 e. The van der Waals surface area contributed by atoms with E-state index in [0.29, 0.717) is 37.3 Å². The summed E-state index contributed by atoms with van der Waals surface area (Å²) in [6, 6.07) is 5.68. The molecule has 1 aromatic heterocycles. The Bertz CT molecular complexity index is 1310. The first-order chi connectivity index (χ1) is 19.0. The van der Waals surface area contributed by atoms with Crippen molar-refractivity contribution in [1.29, 1.82) is 0 Å². The molecule has 3 atom stereocenters. The summed E-state index contributed by atoms with van der Waals surface area (Å²) in [6.07, 6.45) is 8.00. The molecule has 216 valence electrons. The summed E-state index contributed by atoms with van der Waals surface area (Å²) < 4.78 is 5.47. The van der Waals surface area contributed by atoms with Gasteiger partial charge in [-0.25, -0.2) is 0 Å². The van der Waals surface area contributed by atoms with Crippen LogP contribution in [0.1, 0.15) is 88.5 Å². The maximum absolute atomic E-state index is 13.9. The number of nitrogens with one attached hydrogen (secondary N) is 2. The summed E-state index contributed by atoms with van der Waals surface area (Å²) in [6.45, 7) is 4.64. The number of methoxy groups -OCH3 is 1. The van der Waals surface area contributed by atoms with Crippen molar-refractivity contribution in [2.75, 3.05) is 13.7 Å². The molecule has 3 amide bonds. The third-order valence-electron chi connectivity index (χ3n) is 9.52. The number of hydrogen-bond acceptors (Lipinski definition) is 5. The number of benzene rings is 1. The average Bonchev–Trinajstić information content (AvgIpc) is 3.51. The number of amides is 3. The van der Waals surface area contributed by atoms with E-state index in [1.54, 1.807) is 18.1 Å². The van der Waals surface area contributed by atoms with E-state index >= 15 is 0 Å². The molecule has 2 aromatic rings. The van der Waals surface area contributed by atoms with Crippen LogP contribution < -0.4 is 15.8 Å². The van der Waals surface area contributed by atoms with Crippen LogP contribution in [0.25, 0.3) is 10.9 Å². The summed E-state index contributed by atoms with van der Waals surface area (Å²) in [4.78, 5) is 57.9. The van der Waals surface area contributed by atoms with Gasteiger partial charge in [0.25, 0.3) is 5.91 Å². The third kappa shape index (κ3) is 5.60. The molecule has 2 heterocycles. The highest BCUT2D eigenvalue weighted by Gasteiger charge is 2.49. The van der Waals surface area contributed by atoms with Gasteiger partial charge in [0.15, 0.2) is 0 Å². The fourth-order valence-electron chi connectivity index (χ4n) is 7.22. The van der Waals surface area contributed by atoms with E-state index in [1.165, 1.54) is 0 Å². The highest BCUT2D eigenvalue weighted by Crippen LogP contribution is 2.47. The molecule has 0 bridgehead atoms. The smallest absolute Gasteiger partial charge is 0.271 e. The summed E-state index contributed by atoms with van der Waals surface area (Å²) >= 11 is 0. The Kier molecular flexibility index (Phi) is 7.68. The molecule has 1 aliphatic heterocycles. The van der Waals surface area contributed by atoms with Crippen LogP contribution in [0.5, 0.6) is 5.75 Å². The molecule has 9 nitrogen and oxygen atoms in total. The Balaban J connectivity index is 1.37. The Morgan fingerprint density at radius 3 is 2.60 bits per heavy atom. The molecule has 0 radical (unpaired) electrons. The first-order valence-electron chi connectivity index (χ1n) is 14.6. The van der Waals surface area contributed by atoms with E-state index in [9.17, 15) is 19.2 Å². The summed E-state index contributed by atoms with van der Waals surface area (Å²) in [5, 5.41) is 3.66. The number of ether oxygens (including phenoxy) is 1. The number of H-pyrrole nitrogens is 1. The Morgan fingerprint density at radius 1 is 1.18 bits per heavy atom. The van der Waals surface area contributed by atoms with E-state index in [1.807, 2.05) is 18.2 Å². The second-order valence-corrected chi connectivity index (χ2v) is 13.1. The van der Waals surface area contributed by atoms with Gasteiger partial charge < -0.3 is 25.7 Å². The standard InChI is InChI=1S/C31H42N4O5/c1-30(2)13-10-19(25(36)17-30)14-22(27(32)37)34-28(38)24-16-31(11-5-4-6-12-31)18-35(24)29(39)23-15-20-21(33-23)8-7-9-26(20)40-3/h7-9,15,19,22,24,33H,4-6,10-14,16-18H2,1-3H3,(H2,32,37)(H,34,38)/t19?,22-,24?/m0/s1. The van der Waals surface area contributed by atoms with Crippen LogP contribution in [0.4, 0.5) is 0 Å². The molecule has 2 aliphatic carbocycles. The number of nitrogens with two attached hydrogens (primary N) is 1. The fraction of sp³-hybridized carbons (Fsp3) is 0.613. The molecule has 1 saturated heterocycles. The lowest BCUT2D eigenvalue weighted by molar-refractivity contribution is -0.132. The second kappa shape index (κ2) is 10.9. The minimum atomic E-state index is -0.958. The Labute approximate surface area is 235 Å². The molecule has 3 fully saturated rings. The van der Waals surface area contributed by atoms with Gasteiger partial charge >= 0.3 is 0 Å². The number of aromatic nitrogens is 1. The number of Topliss-reactive ketones (excluding diaryl/α,β-unsaturated/α-hetero) is 1. The lowest BCUT2D eigenvalue weighted by atomic mass is 9.71. The zero-order valence-corrected chi connectivity index (χ0v) is 23.9. The van der Waals surface area contributed by atoms with Crippen LogP contribution in [0.15, 0.2) is 24.3 Å². The lowest BCUT2D eigenvalue weighted by Crippen LogP contribution is -2.53. The van der Waals surface area contributed by atoms with Crippen molar-refractivity contribution >= 4 is 34.4 Å². The van der Waals surface area contributed by atoms with Crippen molar-refractivity contribution < 1.29 is 23.9 Å². The number of aromatic amines is 1. The quantitative estimate of drug-likeness (QED) is 0.477. The number of primary amides is 1. The number of hydrogen-bond donors (Lipinski definition) is 3. The van der Waals surface area contributed by atoms with Crippen LogP contribution in [-0.2, 0) is 14.4 Å². The highest BCUT2D eigenvalue weighted by molar-refractivity contribution is 6.02. The number of nitrogens with zero attached hydrogens (tertiary/aromatic N) is 1. The van der Waals surface area contributed by atoms with Crippen LogP contribution in [0, 0.1) is 16.7 Å². The van der Waals surface area contributed by atoms with E-state index in [-0.39, 0.29) is 40.8 Å². The van der Waals surface area contributed by atoms with Crippen molar-refractivity contribution in [3.8, 4) is 5.75 Å². The van der Waals surface area contributed by atoms with Gasteiger partial charge in [-0.1, -0.05) is 39.2 Å². The van der Waals surface area contributed by atoms with E-state index in [4.69, 9.17) is 10.5 Å². The number of carbonyl (C=O) groups is 4. The predicted octanol–water partition coefficient (Wildman–Crippen LogP) is 4.10. The molecule has 5 rings (SSSR count). The first-order valence-corrected chi connectivity index (χ1v) is 14.6. The van der Waals surface area contributed by atoms with Gasteiger partial charge in [-0.2, -0.15) is 0 Å². The minimum absolute atomic E-state index is 0.0509. The largest absolute Gasteiger partial charge is 0.496 e. The number of rotatable bonds is 7. The van der Waals surface area contributed by atoms with E-state index < -0.39 is 18.0 Å². The number of carbonyl (C=O) groups excluding carboxylic acids is 4. The molecule has 1 aromatic carbocycles. The van der Waals surface area contributed by atoms with Gasteiger partial charge in [-0.05, 0) is 67.6 Å². The maximum Gasteiger partial charge on any atom is 0.271 e. The van der Waals surface area contributed by atoms with Gasteiger partial charge in [0.2, 0.25) is 11.8 Å². The predicted molar refractivity (Wildman–Crippen MR) is 152 cm³/mol. The van der Waals surface area contributed by atoms with Gasteiger partial charge in [0.1, 0.15) is 29.3 Å². The van der Waals surface area contributed by atoms with Crippen molar-refractivity contribution in [2.45, 2.75) is 90.1 Å². The Morgan fingerprint density at radius 2 is 1.93 bits per heavy atom. The zero-order chi connectivity index (χ0) is 28.7. The van der Waals surface area contributed by atoms with Crippen molar-refractivity contribution in [3.63, 3.8) is 0 Å². The zero-order valence-electron chi connectivity index (χ0n) is 23.9. The van der Waals surface area contributed by atoms with Crippen LogP contribution in [-0.4, -0.2) is 59.1 Å². The summed E-state index contributed by atoms with van der Waals surface area (Å²) in [7, 11) is 1.59. The van der Waals surface area contributed by atoms with Crippen LogP contribution >= 0.6 is 0 Å². The van der Waals surface area contributed by atoms with Crippen LogP contribution in [0.3, 0.4) is 0 Å². The summed E-state index contributed by atoms with van der Waals surface area (Å²) in [5.41, 5.74) is 6.74. The van der Waals surface area contributed by atoms with E-state index in [0.717, 1.165) is 49.4 Å². The third-order valence-corrected chi connectivity index (χ3v) is 9.52. The molecule has 9 heteroatoms. The number of fused-ring (bicyclic) bond motifs is 1. The average molecular weight is 551 g/mol. The molecule has 40 heavy (non-hydrogen) atoms. The van der Waals surface area contributed by atoms with E-state index in [2.05, 4.69) is 24.1 Å². The normalized spacial score (nSPS) is 24.7. The number of likely N-dealkylation sites (tertiary alicyclic amines) is 1.